The first-order valence-electron chi connectivity index (χ1n) is 7.18. The van der Waals surface area contributed by atoms with Gasteiger partial charge in [-0.25, -0.2) is 0 Å². The zero-order chi connectivity index (χ0) is 14.8. The van der Waals surface area contributed by atoms with Crippen molar-refractivity contribution in [3.8, 4) is 0 Å². The standard InChI is InChI=1S/C16H17ClN2O2/c17-14-6-4-13(5-7-14)11-19-9-8-18(15(20)16(19)21)10-12-2-1-3-12/h4-9,12H,1-3,10-11H2. The zero-order valence-corrected chi connectivity index (χ0v) is 12.4. The molecule has 0 saturated heterocycles. The third-order valence-corrected chi connectivity index (χ3v) is 4.33. The van der Waals surface area contributed by atoms with Crippen LogP contribution >= 0.6 is 11.6 Å². The van der Waals surface area contributed by atoms with E-state index in [4.69, 9.17) is 11.6 Å². The number of benzene rings is 1. The van der Waals surface area contributed by atoms with Crippen LogP contribution in [0.4, 0.5) is 0 Å². The van der Waals surface area contributed by atoms with Crippen LogP contribution in [0.15, 0.2) is 46.2 Å². The number of halogens is 1. The molecule has 1 aliphatic rings. The van der Waals surface area contributed by atoms with E-state index in [2.05, 4.69) is 0 Å². The van der Waals surface area contributed by atoms with E-state index in [0.29, 0.717) is 24.0 Å². The second-order valence-electron chi connectivity index (χ2n) is 5.61. The van der Waals surface area contributed by atoms with Gasteiger partial charge in [0.15, 0.2) is 0 Å². The maximum Gasteiger partial charge on any atom is 0.316 e. The van der Waals surface area contributed by atoms with Gasteiger partial charge in [0, 0.05) is 24.0 Å². The number of nitrogens with zero attached hydrogens (tertiary/aromatic N) is 2. The molecule has 1 aromatic heterocycles. The smallest absolute Gasteiger partial charge is 0.309 e. The largest absolute Gasteiger partial charge is 0.316 e. The third-order valence-electron chi connectivity index (χ3n) is 4.08. The van der Waals surface area contributed by atoms with Crippen LogP contribution in [0.3, 0.4) is 0 Å². The summed E-state index contributed by atoms with van der Waals surface area (Å²) in [6.45, 7) is 1.05. The Morgan fingerprint density at radius 1 is 1.00 bits per heavy atom. The highest BCUT2D eigenvalue weighted by molar-refractivity contribution is 6.30. The van der Waals surface area contributed by atoms with Crippen LogP contribution in [0.2, 0.25) is 5.02 Å². The molecule has 0 bridgehead atoms. The summed E-state index contributed by atoms with van der Waals surface area (Å²) in [7, 11) is 0. The van der Waals surface area contributed by atoms with Gasteiger partial charge < -0.3 is 9.13 Å². The molecule has 3 rings (SSSR count). The Balaban J connectivity index is 1.83. The normalized spacial score (nSPS) is 14.9. The van der Waals surface area contributed by atoms with E-state index in [1.54, 1.807) is 29.1 Å². The summed E-state index contributed by atoms with van der Waals surface area (Å²) in [5.41, 5.74) is 0.0442. The Labute approximate surface area is 127 Å². The molecule has 21 heavy (non-hydrogen) atoms. The van der Waals surface area contributed by atoms with Gasteiger partial charge in [-0.15, -0.1) is 0 Å². The summed E-state index contributed by atoms with van der Waals surface area (Å²) in [6.07, 6.45) is 6.95. The average Bonchev–Trinajstić information content (AvgIpc) is 2.43. The molecule has 5 heteroatoms. The lowest BCUT2D eigenvalue weighted by atomic mass is 9.85. The maximum absolute atomic E-state index is 12.2. The molecule has 0 atom stereocenters. The molecule has 1 fully saturated rings. The maximum atomic E-state index is 12.2. The first-order valence-corrected chi connectivity index (χ1v) is 7.55. The van der Waals surface area contributed by atoms with E-state index >= 15 is 0 Å². The first kappa shape index (κ1) is 14.1. The average molecular weight is 305 g/mol. The van der Waals surface area contributed by atoms with Gasteiger partial charge in [-0.3, -0.25) is 9.59 Å². The Bertz CT molecular complexity index is 742. The Kier molecular flexibility index (Phi) is 3.97. The predicted octanol–water partition coefficient (Wildman–Crippen LogP) is 2.51. The topological polar surface area (TPSA) is 44.0 Å². The van der Waals surface area contributed by atoms with E-state index in [1.165, 1.54) is 11.0 Å². The van der Waals surface area contributed by atoms with Gasteiger partial charge >= 0.3 is 11.1 Å². The fourth-order valence-corrected chi connectivity index (χ4v) is 2.68. The summed E-state index contributed by atoms with van der Waals surface area (Å²) in [6, 6.07) is 7.27. The second-order valence-corrected chi connectivity index (χ2v) is 6.05. The number of rotatable bonds is 4. The summed E-state index contributed by atoms with van der Waals surface area (Å²) in [5.74, 6) is 0.550. The molecule has 4 nitrogen and oxygen atoms in total. The lowest BCUT2D eigenvalue weighted by molar-refractivity contribution is 0.272. The molecule has 0 radical (unpaired) electrons. The second kappa shape index (κ2) is 5.90. The molecule has 0 aliphatic heterocycles. The van der Waals surface area contributed by atoms with Crippen molar-refractivity contribution in [2.45, 2.75) is 32.4 Å². The molecule has 0 amide bonds. The third kappa shape index (κ3) is 3.10. The van der Waals surface area contributed by atoms with Crippen molar-refractivity contribution in [3.05, 3.63) is 68.0 Å². The molecular weight excluding hydrogens is 288 g/mol. The van der Waals surface area contributed by atoms with Crippen LogP contribution in [0.25, 0.3) is 0 Å². The highest BCUT2D eigenvalue weighted by Gasteiger charge is 2.18. The minimum Gasteiger partial charge on any atom is -0.309 e. The Hall–Kier alpha value is -1.81. The minimum atomic E-state index is -0.466. The summed E-state index contributed by atoms with van der Waals surface area (Å²) in [5, 5.41) is 0.655. The van der Waals surface area contributed by atoms with Crippen molar-refractivity contribution in [2.24, 2.45) is 5.92 Å². The Morgan fingerprint density at radius 2 is 1.62 bits per heavy atom. The Morgan fingerprint density at radius 3 is 2.24 bits per heavy atom. The van der Waals surface area contributed by atoms with E-state index in [0.717, 1.165) is 18.4 Å². The molecule has 1 aliphatic carbocycles. The van der Waals surface area contributed by atoms with Crippen LogP contribution in [0.5, 0.6) is 0 Å². The van der Waals surface area contributed by atoms with Crippen LogP contribution in [-0.4, -0.2) is 9.13 Å². The molecular formula is C16H17ClN2O2. The van der Waals surface area contributed by atoms with Gasteiger partial charge in [0.25, 0.3) is 0 Å². The van der Waals surface area contributed by atoms with Gasteiger partial charge in [-0.05, 0) is 36.5 Å². The summed E-state index contributed by atoms with van der Waals surface area (Å²) >= 11 is 5.84. The lowest BCUT2D eigenvalue weighted by Crippen LogP contribution is -2.42. The monoisotopic (exact) mass is 304 g/mol. The first-order chi connectivity index (χ1) is 10.1. The molecule has 1 saturated carbocycles. The fourth-order valence-electron chi connectivity index (χ4n) is 2.55. The highest BCUT2D eigenvalue weighted by Crippen LogP contribution is 2.27. The van der Waals surface area contributed by atoms with Crippen LogP contribution in [-0.2, 0) is 13.1 Å². The van der Waals surface area contributed by atoms with Crippen LogP contribution in [0, 0.1) is 5.92 Å². The lowest BCUT2D eigenvalue weighted by Gasteiger charge is -2.25. The fraction of sp³-hybridized carbons (Fsp3) is 0.375. The van der Waals surface area contributed by atoms with Crippen molar-refractivity contribution >= 4 is 11.6 Å². The predicted molar refractivity (Wildman–Crippen MR) is 82.9 cm³/mol. The molecule has 110 valence electrons. The molecule has 0 spiro atoms. The van der Waals surface area contributed by atoms with Crippen molar-refractivity contribution in [1.29, 1.82) is 0 Å². The van der Waals surface area contributed by atoms with Crippen molar-refractivity contribution in [1.82, 2.24) is 9.13 Å². The number of hydrogen-bond donors (Lipinski definition) is 0. The number of hydrogen-bond acceptors (Lipinski definition) is 2. The highest BCUT2D eigenvalue weighted by atomic mass is 35.5. The molecule has 0 N–H and O–H groups in total. The van der Waals surface area contributed by atoms with Gasteiger partial charge in [0.2, 0.25) is 0 Å². The van der Waals surface area contributed by atoms with E-state index in [1.807, 2.05) is 12.1 Å². The van der Waals surface area contributed by atoms with Crippen LogP contribution in [0.1, 0.15) is 24.8 Å². The zero-order valence-electron chi connectivity index (χ0n) is 11.7. The van der Waals surface area contributed by atoms with Crippen LogP contribution < -0.4 is 11.1 Å². The summed E-state index contributed by atoms with van der Waals surface area (Å²) in [4.78, 5) is 24.3. The van der Waals surface area contributed by atoms with E-state index in [-0.39, 0.29) is 0 Å². The van der Waals surface area contributed by atoms with Gasteiger partial charge in [0.05, 0.1) is 6.54 Å². The van der Waals surface area contributed by atoms with Crippen molar-refractivity contribution in [3.63, 3.8) is 0 Å². The number of aromatic nitrogens is 2. The SMILES string of the molecule is O=c1c(=O)n(CC2CCC2)ccn1Cc1ccc(Cl)cc1. The minimum absolute atomic E-state index is 0.384. The molecule has 0 unspecified atom stereocenters. The van der Waals surface area contributed by atoms with Crippen molar-refractivity contribution in [2.75, 3.05) is 0 Å². The van der Waals surface area contributed by atoms with E-state index < -0.39 is 11.1 Å². The van der Waals surface area contributed by atoms with Gasteiger partial charge in [-0.2, -0.15) is 0 Å². The molecule has 1 aromatic carbocycles. The van der Waals surface area contributed by atoms with Crippen molar-refractivity contribution < 1.29 is 0 Å². The van der Waals surface area contributed by atoms with Gasteiger partial charge in [-0.1, -0.05) is 30.2 Å². The molecule has 2 aromatic rings. The summed E-state index contributed by atoms with van der Waals surface area (Å²) < 4.78 is 2.99. The van der Waals surface area contributed by atoms with E-state index in [9.17, 15) is 9.59 Å². The quantitative estimate of drug-likeness (QED) is 0.815. The van der Waals surface area contributed by atoms with Gasteiger partial charge in [0.1, 0.15) is 0 Å². The molecule has 1 heterocycles.